The summed E-state index contributed by atoms with van der Waals surface area (Å²) in [4.78, 5) is 4.48. The molecule has 1 heterocycles. The van der Waals surface area contributed by atoms with E-state index in [9.17, 15) is 0 Å². The molecule has 16 heavy (non-hydrogen) atoms. The highest BCUT2D eigenvalue weighted by atomic mass is 32.2. The molecular formula is C12H16N2S2. The van der Waals surface area contributed by atoms with Gasteiger partial charge < -0.3 is 5.73 Å². The minimum absolute atomic E-state index is 0.640. The van der Waals surface area contributed by atoms with Crippen LogP contribution in [0.15, 0.2) is 35.3 Å². The van der Waals surface area contributed by atoms with Crippen LogP contribution in [0.3, 0.4) is 0 Å². The van der Waals surface area contributed by atoms with Crippen LogP contribution in [0, 0.1) is 0 Å². The van der Waals surface area contributed by atoms with E-state index in [0.717, 1.165) is 12.1 Å². The Morgan fingerprint density at radius 2 is 2.12 bits per heavy atom. The number of hydrogen-bond donors (Lipinski definition) is 1. The smallest absolute Gasteiger partial charge is 0.125 e. The molecule has 1 aromatic rings. The van der Waals surface area contributed by atoms with Crippen LogP contribution in [0.1, 0.15) is 5.56 Å². The minimum atomic E-state index is 0.640. The summed E-state index contributed by atoms with van der Waals surface area (Å²) in [6.07, 6.45) is 0. The lowest BCUT2D eigenvalue weighted by Crippen LogP contribution is -2.21. The minimum Gasteiger partial charge on any atom is -0.384 e. The van der Waals surface area contributed by atoms with Gasteiger partial charge in [0.25, 0.3) is 0 Å². The molecular weight excluding hydrogens is 236 g/mol. The zero-order valence-corrected chi connectivity index (χ0v) is 10.8. The second kappa shape index (κ2) is 6.21. The maximum atomic E-state index is 5.95. The van der Waals surface area contributed by atoms with Gasteiger partial charge in [-0.1, -0.05) is 30.3 Å². The summed E-state index contributed by atoms with van der Waals surface area (Å²) in [6.45, 7) is 0.846. The van der Waals surface area contributed by atoms with Gasteiger partial charge in [-0.05, 0) is 0 Å². The number of benzene rings is 1. The Kier molecular flexibility index (Phi) is 4.60. The molecule has 1 saturated heterocycles. The lowest BCUT2D eigenvalue weighted by atomic mass is 10.2. The lowest BCUT2D eigenvalue weighted by Gasteiger charge is -2.19. The van der Waals surface area contributed by atoms with Crippen LogP contribution in [-0.4, -0.2) is 34.9 Å². The fraction of sp³-hybridized carbons (Fsp3) is 0.417. The number of nitrogens with zero attached hydrogens (tertiary/aromatic N) is 1. The number of nitrogens with two attached hydrogens (primary N) is 1. The molecule has 0 amide bonds. The third-order valence-electron chi connectivity index (χ3n) is 2.42. The molecule has 1 aliphatic heterocycles. The molecule has 1 atom stereocenters. The first kappa shape index (κ1) is 11.9. The SMILES string of the molecule is NC(=NCC1CSCCS1)c1ccccc1. The third kappa shape index (κ3) is 3.46. The van der Waals surface area contributed by atoms with E-state index in [1.165, 1.54) is 17.3 Å². The number of rotatable bonds is 3. The van der Waals surface area contributed by atoms with E-state index in [1.54, 1.807) is 0 Å². The summed E-state index contributed by atoms with van der Waals surface area (Å²) < 4.78 is 0. The van der Waals surface area contributed by atoms with Crippen LogP contribution >= 0.6 is 23.5 Å². The van der Waals surface area contributed by atoms with Crippen molar-refractivity contribution in [3.8, 4) is 0 Å². The van der Waals surface area contributed by atoms with Crippen LogP contribution in [0.25, 0.3) is 0 Å². The molecule has 2 nitrogen and oxygen atoms in total. The molecule has 0 radical (unpaired) electrons. The molecule has 0 saturated carbocycles. The standard InChI is InChI=1S/C12H16N2S2/c13-12(10-4-2-1-3-5-10)14-8-11-9-15-6-7-16-11/h1-5,11H,6-9H2,(H2,13,14). The summed E-state index contributed by atoms with van der Waals surface area (Å²) in [5.41, 5.74) is 6.97. The Bertz CT molecular complexity index is 345. The Hall–Kier alpha value is -0.610. The Balaban J connectivity index is 1.91. The molecule has 2 N–H and O–H groups in total. The average molecular weight is 252 g/mol. The topological polar surface area (TPSA) is 38.4 Å². The predicted octanol–water partition coefficient (Wildman–Crippen LogP) is 2.24. The van der Waals surface area contributed by atoms with Crippen LogP contribution in [0.5, 0.6) is 0 Å². The summed E-state index contributed by atoms with van der Waals surface area (Å²) >= 11 is 4.04. The van der Waals surface area contributed by atoms with E-state index in [4.69, 9.17) is 5.73 Å². The summed E-state index contributed by atoms with van der Waals surface area (Å²) in [5, 5.41) is 0.640. The van der Waals surface area contributed by atoms with Crippen LogP contribution < -0.4 is 5.73 Å². The van der Waals surface area contributed by atoms with Crippen molar-refractivity contribution in [3.05, 3.63) is 35.9 Å². The largest absolute Gasteiger partial charge is 0.384 e. The molecule has 4 heteroatoms. The van der Waals surface area contributed by atoms with Crippen molar-refractivity contribution in [2.45, 2.75) is 5.25 Å². The molecule has 2 rings (SSSR count). The quantitative estimate of drug-likeness (QED) is 0.662. The van der Waals surface area contributed by atoms with Gasteiger partial charge in [-0.25, -0.2) is 0 Å². The molecule has 0 spiro atoms. The highest BCUT2D eigenvalue weighted by Gasteiger charge is 2.13. The van der Waals surface area contributed by atoms with Gasteiger partial charge in [-0.3, -0.25) is 4.99 Å². The first-order chi connectivity index (χ1) is 7.86. The van der Waals surface area contributed by atoms with Crippen molar-refractivity contribution in [1.29, 1.82) is 0 Å². The van der Waals surface area contributed by atoms with Crippen molar-refractivity contribution >= 4 is 29.4 Å². The lowest BCUT2D eigenvalue weighted by molar-refractivity contribution is 0.954. The second-order valence-electron chi connectivity index (χ2n) is 3.66. The van der Waals surface area contributed by atoms with Crippen molar-refractivity contribution in [3.63, 3.8) is 0 Å². The first-order valence-electron chi connectivity index (χ1n) is 5.41. The highest BCUT2D eigenvalue weighted by molar-refractivity contribution is 8.06. The highest BCUT2D eigenvalue weighted by Crippen LogP contribution is 2.24. The first-order valence-corrected chi connectivity index (χ1v) is 7.61. The number of thioether (sulfide) groups is 2. The number of aliphatic imine (C=N–C) groups is 1. The van der Waals surface area contributed by atoms with Gasteiger partial charge in [-0.2, -0.15) is 23.5 Å². The number of hydrogen-bond acceptors (Lipinski definition) is 3. The molecule has 1 fully saturated rings. The van der Waals surface area contributed by atoms with Crippen molar-refractivity contribution in [2.75, 3.05) is 23.8 Å². The van der Waals surface area contributed by atoms with E-state index in [2.05, 4.69) is 4.99 Å². The Morgan fingerprint density at radius 1 is 1.31 bits per heavy atom. The maximum absolute atomic E-state index is 5.95. The average Bonchev–Trinajstić information content (AvgIpc) is 2.38. The normalized spacial score (nSPS) is 22.0. The molecule has 1 unspecified atom stereocenters. The molecule has 0 aliphatic carbocycles. The van der Waals surface area contributed by atoms with Gasteiger partial charge in [0.2, 0.25) is 0 Å². The van der Waals surface area contributed by atoms with Gasteiger partial charge in [0, 0.05) is 28.1 Å². The van der Waals surface area contributed by atoms with E-state index >= 15 is 0 Å². The maximum Gasteiger partial charge on any atom is 0.125 e. The van der Waals surface area contributed by atoms with E-state index < -0.39 is 0 Å². The molecule has 86 valence electrons. The van der Waals surface area contributed by atoms with Crippen LogP contribution in [-0.2, 0) is 0 Å². The van der Waals surface area contributed by atoms with Crippen molar-refractivity contribution in [2.24, 2.45) is 10.7 Å². The zero-order chi connectivity index (χ0) is 11.2. The van der Waals surface area contributed by atoms with Crippen LogP contribution in [0.4, 0.5) is 0 Å². The van der Waals surface area contributed by atoms with Gasteiger partial charge in [0.15, 0.2) is 0 Å². The van der Waals surface area contributed by atoms with E-state index in [0.29, 0.717) is 11.1 Å². The number of amidine groups is 1. The monoisotopic (exact) mass is 252 g/mol. The fourth-order valence-corrected chi connectivity index (χ4v) is 4.12. The molecule has 1 aliphatic rings. The Labute approximate surface area is 105 Å². The third-order valence-corrected chi connectivity index (χ3v) is 5.25. The van der Waals surface area contributed by atoms with Crippen LogP contribution in [0.2, 0.25) is 0 Å². The van der Waals surface area contributed by atoms with Crippen molar-refractivity contribution in [1.82, 2.24) is 0 Å². The Morgan fingerprint density at radius 3 is 2.81 bits per heavy atom. The summed E-state index contributed by atoms with van der Waals surface area (Å²) in [6, 6.07) is 9.97. The predicted molar refractivity (Wildman–Crippen MR) is 75.6 cm³/mol. The van der Waals surface area contributed by atoms with Gasteiger partial charge in [0.1, 0.15) is 5.84 Å². The zero-order valence-electron chi connectivity index (χ0n) is 9.13. The van der Waals surface area contributed by atoms with E-state index in [1.807, 2.05) is 53.9 Å². The second-order valence-corrected chi connectivity index (χ2v) is 6.22. The van der Waals surface area contributed by atoms with Gasteiger partial charge in [0.05, 0.1) is 6.54 Å². The van der Waals surface area contributed by atoms with Crippen molar-refractivity contribution < 1.29 is 0 Å². The molecule has 0 aromatic heterocycles. The summed E-state index contributed by atoms with van der Waals surface area (Å²) in [5.74, 6) is 4.39. The molecule has 1 aromatic carbocycles. The summed E-state index contributed by atoms with van der Waals surface area (Å²) in [7, 11) is 0. The molecule has 0 bridgehead atoms. The van der Waals surface area contributed by atoms with Gasteiger partial charge >= 0.3 is 0 Å². The fourth-order valence-electron chi connectivity index (χ4n) is 1.54. The van der Waals surface area contributed by atoms with Gasteiger partial charge in [-0.15, -0.1) is 0 Å². The van der Waals surface area contributed by atoms with E-state index in [-0.39, 0.29) is 0 Å².